The Hall–Kier alpha value is -0.820. The van der Waals surface area contributed by atoms with E-state index >= 15 is 0 Å². The minimum atomic E-state index is 0.697. The predicted molar refractivity (Wildman–Crippen MR) is 71.7 cm³/mol. The molecular weight excluding hydrogens is 194 g/mol. The summed E-state index contributed by atoms with van der Waals surface area (Å²) in [4.78, 5) is 0. The normalized spacial score (nSPS) is 12.8. The molecule has 2 N–H and O–H groups in total. The quantitative estimate of drug-likeness (QED) is 0.780. The van der Waals surface area contributed by atoms with Crippen molar-refractivity contribution in [3.63, 3.8) is 0 Å². The molecule has 0 saturated carbocycles. The summed E-state index contributed by atoms with van der Waals surface area (Å²) >= 11 is 0. The number of hydrogen-bond acceptors (Lipinski definition) is 1. The standard InChI is InChI=1S/C15H25N/c1-4-13-6-7-14(5-2)15(11-13)10-12(3)8-9-16/h6-7,11-12H,4-5,8-10,16H2,1-3H3. The average molecular weight is 219 g/mol. The maximum atomic E-state index is 5.61. The third-order valence-electron chi connectivity index (χ3n) is 3.29. The van der Waals surface area contributed by atoms with Crippen LogP contribution >= 0.6 is 0 Å². The Labute approximate surface area is 100 Å². The maximum Gasteiger partial charge on any atom is -0.00746 e. The molecule has 0 spiro atoms. The molecule has 1 atom stereocenters. The van der Waals surface area contributed by atoms with Crippen LogP contribution in [0.25, 0.3) is 0 Å². The zero-order valence-electron chi connectivity index (χ0n) is 10.9. The number of hydrogen-bond donors (Lipinski definition) is 1. The highest BCUT2D eigenvalue weighted by atomic mass is 14.5. The first-order chi connectivity index (χ1) is 7.71. The molecule has 0 saturated heterocycles. The largest absolute Gasteiger partial charge is 0.330 e. The highest BCUT2D eigenvalue weighted by Crippen LogP contribution is 2.18. The second-order valence-corrected chi connectivity index (χ2v) is 4.70. The van der Waals surface area contributed by atoms with Gasteiger partial charge in [-0.2, -0.15) is 0 Å². The van der Waals surface area contributed by atoms with Gasteiger partial charge >= 0.3 is 0 Å². The van der Waals surface area contributed by atoms with E-state index in [1.54, 1.807) is 0 Å². The fourth-order valence-corrected chi connectivity index (χ4v) is 2.20. The average Bonchev–Trinajstić information content (AvgIpc) is 2.29. The summed E-state index contributed by atoms with van der Waals surface area (Å²) in [6, 6.07) is 6.94. The van der Waals surface area contributed by atoms with Gasteiger partial charge in [0, 0.05) is 0 Å². The van der Waals surface area contributed by atoms with E-state index in [-0.39, 0.29) is 0 Å². The van der Waals surface area contributed by atoms with Crippen molar-refractivity contribution in [2.75, 3.05) is 6.54 Å². The van der Waals surface area contributed by atoms with E-state index in [4.69, 9.17) is 5.73 Å². The van der Waals surface area contributed by atoms with Crippen LogP contribution in [0, 0.1) is 5.92 Å². The fourth-order valence-electron chi connectivity index (χ4n) is 2.20. The van der Waals surface area contributed by atoms with E-state index in [0.717, 1.165) is 25.8 Å². The topological polar surface area (TPSA) is 26.0 Å². The zero-order chi connectivity index (χ0) is 12.0. The molecule has 1 aromatic rings. The van der Waals surface area contributed by atoms with Crippen LogP contribution in [0.15, 0.2) is 18.2 Å². The minimum absolute atomic E-state index is 0.697. The molecule has 16 heavy (non-hydrogen) atoms. The van der Waals surface area contributed by atoms with Crippen molar-refractivity contribution in [2.45, 2.75) is 46.5 Å². The molecule has 0 fully saturated rings. The fraction of sp³-hybridized carbons (Fsp3) is 0.600. The van der Waals surface area contributed by atoms with Crippen LogP contribution in [0.1, 0.15) is 43.9 Å². The lowest BCUT2D eigenvalue weighted by Gasteiger charge is -2.14. The van der Waals surface area contributed by atoms with Crippen LogP contribution in [0.2, 0.25) is 0 Å². The molecule has 1 unspecified atom stereocenters. The van der Waals surface area contributed by atoms with Crippen molar-refractivity contribution in [3.8, 4) is 0 Å². The predicted octanol–water partition coefficient (Wildman–Crippen LogP) is 3.34. The highest BCUT2D eigenvalue weighted by Gasteiger charge is 2.07. The Morgan fingerprint density at radius 2 is 1.88 bits per heavy atom. The highest BCUT2D eigenvalue weighted by molar-refractivity contribution is 5.32. The van der Waals surface area contributed by atoms with Gasteiger partial charge in [0.1, 0.15) is 0 Å². The molecule has 1 aromatic carbocycles. The van der Waals surface area contributed by atoms with E-state index in [2.05, 4.69) is 39.0 Å². The number of nitrogens with two attached hydrogens (primary N) is 1. The van der Waals surface area contributed by atoms with Crippen molar-refractivity contribution >= 4 is 0 Å². The number of aryl methyl sites for hydroxylation is 2. The Bertz CT molecular complexity index is 317. The van der Waals surface area contributed by atoms with Gasteiger partial charge in [-0.15, -0.1) is 0 Å². The number of rotatable bonds is 6. The van der Waals surface area contributed by atoms with Gasteiger partial charge in [0.15, 0.2) is 0 Å². The first-order valence-electron chi connectivity index (χ1n) is 6.52. The van der Waals surface area contributed by atoms with E-state index < -0.39 is 0 Å². The molecule has 90 valence electrons. The van der Waals surface area contributed by atoms with Crippen LogP contribution in [-0.4, -0.2) is 6.54 Å². The smallest absolute Gasteiger partial charge is 0.00746 e. The number of benzene rings is 1. The maximum absolute atomic E-state index is 5.61. The summed E-state index contributed by atoms with van der Waals surface area (Å²) in [6.45, 7) is 7.55. The van der Waals surface area contributed by atoms with Gasteiger partial charge in [-0.05, 0) is 54.8 Å². The van der Waals surface area contributed by atoms with Gasteiger partial charge in [0.05, 0.1) is 0 Å². The summed E-state index contributed by atoms with van der Waals surface area (Å²) in [5, 5.41) is 0. The van der Waals surface area contributed by atoms with Crippen molar-refractivity contribution in [1.29, 1.82) is 0 Å². The zero-order valence-corrected chi connectivity index (χ0v) is 10.9. The second-order valence-electron chi connectivity index (χ2n) is 4.70. The molecule has 1 nitrogen and oxygen atoms in total. The van der Waals surface area contributed by atoms with Crippen molar-refractivity contribution < 1.29 is 0 Å². The van der Waals surface area contributed by atoms with Gasteiger partial charge in [-0.1, -0.05) is 39.0 Å². The lowest BCUT2D eigenvalue weighted by molar-refractivity contribution is 0.536. The van der Waals surface area contributed by atoms with Gasteiger partial charge < -0.3 is 5.73 Å². The molecule has 0 bridgehead atoms. The Morgan fingerprint density at radius 1 is 1.12 bits per heavy atom. The summed E-state index contributed by atoms with van der Waals surface area (Å²) in [5.41, 5.74) is 10.1. The SMILES string of the molecule is CCc1ccc(CC)c(CC(C)CCN)c1. The molecule has 1 rings (SSSR count). The summed E-state index contributed by atoms with van der Waals surface area (Å²) in [5.74, 6) is 0.697. The van der Waals surface area contributed by atoms with Crippen molar-refractivity contribution in [2.24, 2.45) is 11.7 Å². The summed E-state index contributed by atoms with van der Waals surface area (Å²) in [6.07, 6.45) is 4.56. The lowest BCUT2D eigenvalue weighted by Crippen LogP contribution is -2.09. The van der Waals surface area contributed by atoms with Gasteiger partial charge in [0.25, 0.3) is 0 Å². The summed E-state index contributed by atoms with van der Waals surface area (Å²) < 4.78 is 0. The van der Waals surface area contributed by atoms with E-state index in [1.807, 2.05) is 0 Å². The van der Waals surface area contributed by atoms with E-state index in [0.29, 0.717) is 5.92 Å². The Balaban J connectivity index is 2.82. The molecule has 0 aliphatic heterocycles. The van der Waals surface area contributed by atoms with Crippen molar-refractivity contribution in [3.05, 3.63) is 34.9 Å². The van der Waals surface area contributed by atoms with E-state index in [1.165, 1.54) is 23.1 Å². The first kappa shape index (κ1) is 13.2. The lowest BCUT2D eigenvalue weighted by atomic mass is 9.92. The third kappa shape index (κ3) is 3.64. The van der Waals surface area contributed by atoms with Crippen LogP contribution < -0.4 is 5.73 Å². The third-order valence-corrected chi connectivity index (χ3v) is 3.29. The Morgan fingerprint density at radius 3 is 2.44 bits per heavy atom. The second kappa shape index (κ2) is 6.70. The van der Waals surface area contributed by atoms with Crippen LogP contribution in [0.4, 0.5) is 0 Å². The van der Waals surface area contributed by atoms with Crippen molar-refractivity contribution in [1.82, 2.24) is 0 Å². The molecule has 0 aliphatic rings. The molecule has 0 aromatic heterocycles. The minimum Gasteiger partial charge on any atom is -0.330 e. The van der Waals surface area contributed by atoms with Gasteiger partial charge in [-0.3, -0.25) is 0 Å². The summed E-state index contributed by atoms with van der Waals surface area (Å²) in [7, 11) is 0. The van der Waals surface area contributed by atoms with Crippen LogP contribution in [0.3, 0.4) is 0 Å². The molecule has 0 heterocycles. The monoisotopic (exact) mass is 219 g/mol. The molecule has 0 radical (unpaired) electrons. The molecule has 1 heteroatoms. The van der Waals surface area contributed by atoms with Gasteiger partial charge in [-0.25, -0.2) is 0 Å². The molecule has 0 aliphatic carbocycles. The Kier molecular flexibility index (Phi) is 5.54. The molecule has 0 amide bonds. The first-order valence-corrected chi connectivity index (χ1v) is 6.52. The van der Waals surface area contributed by atoms with Crippen LogP contribution in [0.5, 0.6) is 0 Å². The molecular formula is C15H25N. The van der Waals surface area contributed by atoms with Gasteiger partial charge in [0.2, 0.25) is 0 Å². The van der Waals surface area contributed by atoms with E-state index in [9.17, 15) is 0 Å². The van der Waals surface area contributed by atoms with Crippen LogP contribution in [-0.2, 0) is 19.3 Å².